The molecule has 61 heavy (non-hydrogen) atoms. The fraction of sp³-hybridized carbons (Fsp3) is 0.160. The molecule has 6 heterocycles. The number of aromatic nitrogens is 5. The highest BCUT2D eigenvalue weighted by Crippen LogP contribution is 2.31. The van der Waals surface area contributed by atoms with Crippen molar-refractivity contribution in [3.05, 3.63) is 182 Å². The van der Waals surface area contributed by atoms with Gasteiger partial charge in [-0.3, -0.25) is 19.9 Å². The monoisotopic (exact) mass is 808 g/mol. The molecule has 0 saturated heterocycles. The molecule has 11 nitrogen and oxygen atoms in total. The first-order valence-electron chi connectivity index (χ1n) is 19.8. The second-order valence-electron chi connectivity index (χ2n) is 13.5. The van der Waals surface area contributed by atoms with E-state index in [-0.39, 0.29) is 32.5 Å². The molecule has 0 amide bonds. The van der Waals surface area contributed by atoms with E-state index in [9.17, 15) is 5.11 Å². The van der Waals surface area contributed by atoms with Gasteiger partial charge in [-0.05, 0) is 119 Å². The van der Waals surface area contributed by atoms with E-state index in [0.717, 1.165) is 67.9 Å². The molecule has 2 unspecified atom stereocenters. The van der Waals surface area contributed by atoms with Gasteiger partial charge in [0.25, 0.3) is 0 Å². The SMILES string of the molecule is OCCOC(CO)COCCOc1ccc(-c2cc(-c3ccccn3)nc(-c3ccccn3)c2)cc1.c1ccc(-c2cc(-c3ccccn3)nc(C3C=CC=CC=N3)c2)cc#1. The van der Waals surface area contributed by atoms with Crippen molar-refractivity contribution in [2.75, 3.05) is 39.6 Å². The second kappa shape index (κ2) is 22.2. The summed E-state index contributed by atoms with van der Waals surface area (Å²) in [6.07, 6.45) is 14.6. The zero-order chi connectivity index (χ0) is 41.9. The Morgan fingerprint density at radius 2 is 1.25 bits per heavy atom. The number of benzene rings is 1. The van der Waals surface area contributed by atoms with Gasteiger partial charge in [-0.25, -0.2) is 9.97 Å². The first kappa shape index (κ1) is 41.9. The summed E-state index contributed by atoms with van der Waals surface area (Å²) in [7, 11) is 0. The molecular formula is C50H44N6O5. The fourth-order valence-electron chi connectivity index (χ4n) is 6.23. The van der Waals surface area contributed by atoms with E-state index in [1.807, 2.05) is 140 Å². The molecule has 1 aliphatic heterocycles. The van der Waals surface area contributed by atoms with Crippen LogP contribution in [-0.4, -0.2) is 87.1 Å². The molecule has 11 heteroatoms. The van der Waals surface area contributed by atoms with Gasteiger partial charge in [-0.1, -0.05) is 60.7 Å². The number of aliphatic hydroxyl groups excluding tert-OH is 2. The molecule has 0 bridgehead atoms. The molecule has 304 valence electrons. The van der Waals surface area contributed by atoms with Crippen LogP contribution in [0.4, 0.5) is 0 Å². The summed E-state index contributed by atoms with van der Waals surface area (Å²) in [4.78, 5) is 27.6. The maximum absolute atomic E-state index is 9.24. The number of allylic oxidation sites excluding steroid dienone is 3. The minimum Gasteiger partial charge on any atom is -0.491 e. The number of hydrogen-bond acceptors (Lipinski definition) is 11. The van der Waals surface area contributed by atoms with Crippen molar-refractivity contribution in [1.29, 1.82) is 0 Å². The molecule has 0 saturated carbocycles. The van der Waals surface area contributed by atoms with Crippen molar-refractivity contribution in [2.45, 2.75) is 12.1 Å². The predicted octanol–water partition coefficient (Wildman–Crippen LogP) is 8.29. The largest absolute Gasteiger partial charge is 0.491 e. The Morgan fingerprint density at radius 1 is 0.590 bits per heavy atom. The Morgan fingerprint density at radius 3 is 1.84 bits per heavy atom. The van der Waals surface area contributed by atoms with Gasteiger partial charge in [0.15, 0.2) is 0 Å². The topological polar surface area (TPSA) is 145 Å². The molecule has 8 rings (SSSR count). The van der Waals surface area contributed by atoms with Crippen molar-refractivity contribution in [3.63, 3.8) is 0 Å². The fourth-order valence-corrected chi connectivity index (χ4v) is 6.23. The highest BCUT2D eigenvalue weighted by Gasteiger charge is 2.14. The van der Waals surface area contributed by atoms with E-state index < -0.39 is 6.10 Å². The molecule has 1 aliphatic rings. The molecule has 0 aliphatic carbocycles. The number of aliphatic hydroxyl groups is 2. The Bertz CT molecular complexity index is 2360. The van der Waals surface area contributed by atoms with Gasteiger partial charge in [0.1, 0.15) is 24.5 Å². The standard InChI is InChI=1S/C28H29N3O5.C22H15N3/c32-13-14-35-24(19-33)20-34-15-16-36-23-9-7-21(8-10-23)22-17-27(25-5-1-3-11-29-25)31-28(18-22)26-6-2-4-12-30-26;1-3-9-17(10-4-1)18-15-21(19-11-5-2-7-13-23-19)25-22(16-18)20-12-6-8-14-24-20/h1-12,17-18,24,32-33H,13-16,19-20H2;2-3,5-16,19H. The van der Waals surface area contributed by atoms with E-state index in [0.29, 0.717) is 13.2 Å². The van der Waals surface area contributed by atoms with Crippen LogP contribution >= 0.6 is 0 Å². The first-order valence-corrected chi connectivity index (χ1v) is 19.8. The van der Waals surface area contributed by atoms with E-state index in [1.165, 1.54) is 0 Å². The molecule has 2 N–H and O–H groups in total. The van der Waals surface area contributed by atoms with Crippen LogP contribution in [0.25, 0.3) is 56.4 Å². The summed E-state index contributed by atoms with van der Waals surface area (Å²) in [6, 6.07) is 45.0. The molecule has 2 aromatic carbocycles. The summed E-state index contributed by atoms with van der Waals surface area (Å²) >= 11 is 0. The Labute approximate surface area is 355 Å². The number of ether oxygens (including phenoxy) is 3. The lowest BCUT2D eigenvalue weighted by atomic mass is 10.0. The van der Waals surface area contributed by atoms with Crippen molar-refractivity contribution in [1.82, 2.24) is 24.9 Å². The van der Waals surface area contributed by atoms with Crippen LogP contribution in [-0.2, 0) is 9.47 Å². The van der Waals surface area contributed by atoms with E-state index in [4.69, 9.17) is 29.3 Å². The number of pyridine rings is 5. The maximum Gasteiger partial charge on any atom is 0.119 e. The quantitative estimate of drug-likeness (QED) is 0.0916. The van der Waals surface area contributed by atoms with Gasteiger partial charge in [-0.15, -0.1) is 0 Å². The third-order valence-corrected chi connectivity index (χ3v) is 9.23. The molecule has 0 spiro atoms. The normalized spacial score (nSPS) is 13.4. The van der Waals surface area contributed by atoms with Gasteiger partial charge < -0.3 is 24.4 Å². The van der Waals surface area contributed by atoms with Gasteiger partial charge >= 0.3 is 0 Å². The van der Waals surface area contributed by atoms with Crippen LogP contribution in [0, 0.1) is 12.1 Å². The minimum atomic E-state index is -0.455. The summed E-state index contributed by atoms with van der Waals surface area (Å²) in [5, 5.41) is 18.0. The van der Waals surface area contributed by atoms with Gasteiger partial charge in [0, 0.05) is 24.8 Å². The van der Waals surface area contributed by atoms with E-state index in [1.54, 1.807) is 18.6 Å². The number of hydrogen-bond donors (Lipinski definition) is 2. The Hall–Kier alpha value is -7.20. The first-order chi connectivity index (χ1) is 30.2. The Balaban J connectivity index is 0.000000196. The smallest absolute Gasteiger partial charge is 0.119 e. The van der Waals surface area contributed by atoms with Crippen molar-refractivity contribution < 1.29 is 24.4 Å². The van der Waals surface area contributed by atoms with Crippen LogP contribution in [0.3, 0.4) is 0 Å². The van der Waals surface area contributed by atoms with Crippen LogP contribution in [0.5, 0.6) is 5.75 Å². The number of rotatable bonds is 16. The average Bonchev–Trinajstić information content (AvgIpc) is 3.64. The third-order valence-electron chi connectivity index (χ3n) is 9.23. The third kappa shape index (κ3) is 12.2. The number of nitrogens with zero attached hydrogens (tertiary/aromatic N) is 6. The van der Waals surface area contributed by atoms with E-state index >= 15 is 0 Å². The highest BCUT2D eigenvalue weighted by atomic mass is 16.6. The highest BCUT2D eigenvalue weighted by molar-refractivity contribution is 5.75. The van der Waals surface area contributed by atoms with Crippen LogP contribution in [0.1, 0.15) is 11.7 Å². The van der Waals surface area contributed by atoms with E-state index in [2.05, 4.69) is 44.2 Å². The lowest BCUT2D eigenvalue weighted by Crippen LogP contribution is -2.26. The zero-order valence-electron chi connectivity index (χ0n) is 33.4. The number of aliphatic imine (C=N–C) groups is 1. The summed E-state index contributed by atoms with van der Waals surface area (Å²) in [6.45, 7) is 0.859. The Kier molecular flexibility index (Phi) is 15.3. The molecule has 2 atom stereocenters. The molecule has 0 fully saturated rings. The lowest BCUT2D eigenvalue weighted by Gasteiger charge is -2.15. The zero-order valence-corrected chi connectivity index (χ0v) is 33.4. The van der Waals surface area contributed by atoms with Crippen LogP contribution < -0.4 is 4.74 Å². The summed E-state index contributed by atoms with van der Waals surface area (Å²) in [5.74, 6) is 0.724. The van der Waals surface area contributed by atoms with Gasteiger partial charge in [0.2, 0.25) is 0 Å². The van der Waals surface area contributed by atoms with Crippen molar-refractivity contribution in [3.8, 4) is 62.2 Å². The maximum atomic E-state index is 9.24. The van der Waals surface area contributed by atoms with Crippen molar-refractivity contribution >= 4 is 6.21 Å². The minimum absolute atomic E-state index is 0.0932. The molecule has 7 aromatic rings. The predicted molar refractivity (Wildman–Crippen MR) is 236 cm³/mol. The summed E-state index contributed by atoms with van der Waals surface area (Å²) < 4.78 is 16.5. The molecule has 0 radical (unpaired) electrons. The lowest BCUT2D eigenvalue weighted by molar-refractivity contribution is -0.0542. The van der Waals surface area contributed by atoms with Gasteiger partial charge in [0.05, 0.1) is 72.9 Å². The molecule has 5 aromatic heterocycles. The molecular weight excluding hydrogens is 765 g/mol. The summed E-state index contributed by atoms with van der Waals surface area (Å²) in [5.41, 5.74) is 9.85. The van der Waals surface area contributed by atoms with Gasteiger partial charge in [-0.2, -0.15) is 0 Å². The average molecular weight is 809 g/mol. The second-order valence-corrected chi connectivity index (χ2v) is 13.5. The van der Waals surface area contributed by atoms with Crippen LogP contribution in [0.2, 0.25) is 0 Å². The van der Waals surface area contributed by atoms with Crippen molar-refractivity contribution in [2.24, 2.45) is 4.99 Å². The van der Waals surface area contributed by atoms with Crippen LogP contribution in [0.15, 0.2) is 169 Å².